The van der Waals surface area contributed by atoms with E-state index in [1.165, 1.54) is 6.08 Å². The quantitative estimate of drug-likeness (QED) is 0.483. The molecule has 0 bridgehead atoms. The van der Waals surface area contributed by atoms with Crippen molar-refractivity contribution in [3.8, 4) is 11.3 Å². The summed E-state index contributed by atoms with van der Waals surface area (Å²) in [6, 6.07) is 10.6. The van der Waals surface area contributed by atoms with Crippen LogP contribution in [-0.2, 0) is 14.4 Å². The normalized spacial score (nSPS) is 12.2. The average molecular weight is 420 g/mol. The first-order valence-corrected chi connectivity index (χ1v) is 9.80. The number of amides is 2. The summed E-state index contributed by atoms with van der Waals surface area (Å²) in [5.41, 5.74) is 10.3. The molecule has 0 spiro atoms. The third kappa shape index (κ3) is 5.36. The van der Waals surface area contributed by atoms with Crippen LogP contribution in [0.25, 0.3) is 23.0 Å². The second-order valence-electron chi connectivity index (χ2n) is 7.38. The Morgan fingerprint density at radius 2 is 1.87 bits per heavy atom. The number of nitrogens with two attached hydrogens (primary N) is 1. The van der Waals surface area contributed by atoms with E-state index in [2.05, 4.69) is 5.32 Å². The van der Waals surface area contributed by atoms with E-state index in [9.17, 15) is 19.5 Å². The second kappa shape index (κ2) is 9.25. The maximum absolute atomic E-state index is 12.4. The number of hydrogen-bond donors (Lipinski definition) is 3. The number of nitrogens with zero attached hydrogens (tertiary/aromatic N) is 2. The molecule has 8 heteroatoms. The third-order valence-electron chi connectivity index (χ3n) is 4.83. The highest BCUT2D eigenvalue weighted by Gasteiger charge is 2.20. The Kier molecular flexibility index (Phi) is 6.49. The van der Waals surface area contributed by atoms with E-state index in [4.69, 9.17) is 10.7 Å². The molecule has 8 nitrogen and oxygen atoms in total. The predicted molar refractivity (Wildman–Crippen MR) is 117 cm³/mol. The van der Waals surface area contributed by atoms with Gasteiger partial charge in [-0.3, -0.25) is 14.0 Å². The number of benzene rings is 1. The lowest BCUT2D eigenvalue weighted by Crippen LogP contribution is -2.40. The minimum absolute atomic E-state index is 0.0756. The van der Waals surface area contributed by atoms with Gasteiger partial charge in [0.2, 0.25) is 11.8 Å². The average Bonchev–Trinajstić information content (AvgIpc) is 3.07. The maximum atomic E-state index is 12.4. The summed E-state index contributed by atoms with van der Waals surface area (Å²) in [5.74, 6) is -2.44. The summed E-state index contributed by atoms with van der Waals surface area (Å²) in [4.78, 5) is 39.4. The number of pyridine rings is 1. The molecule has 4 N–H and O–H groups in total. The van der Waals surface area contributed by atoms with Gasteiger partial charge in [-0.2, -0.15) is 0 Å². The number of aryl methyl sites for hydroxylation is 2. The van der Waals surface area contributed by atoms with Gasteiger partial charge in [0.25, 0.3) is 0 Å². The number of carboxylic acids is 1. The molecule has 2 heterocycles. The molecule has 0 saturated carbocycles. The Bertz CT molecular complexity index is 1160. The van der Waals surface area contributed by atoms with Crippen molar-refractivity contribution in [1.82, 2.24) is 14.7 Å². The van der Waals surface area contributed by atoms with Crippen LogP contribution in [0.1, 0.15) is 29.7 Å². The molecule has 1 unspecified atom stereocenters. The number of hydrogen-bond acceptors (Lipinski definition) is 4. The number of aromatic nitrogens is 2. The summed E-state index contributed by atoms with van der Waals surface area (Å²) < 4.78 is 1.87. The monoisotopic (exact) mass is 420 g/mol. The van der Waals surface area contributed by atoms with Gasteiger partial charge in [-0.1, -0.05) is 29.8 Å². The van der Waals surface area contributed by atoms with Crippen LogP contribution >= 0.6 is 0 Å². The lowest BCUT2D eigenvalue weighted by molar-refractivity contribution is -0.141. The molecule has 0 fully saturated rings. The van der Waals surface area contributed by atoms with Crippen molar-refractivity contribution < 1.29 is 19.5 Å². The summed E-state index contributed by atoms with van der Waals surface area (Å²) in [6.45, 7) is 3.97. The van der Waals surface area contributed by atoms with Crippen LogP contribution in [0, 0.1) is 13.8 Å². The van der Waals surface area contributed by atoms with Crippen molar-refractivity contribution >= 4 is 29.5 Å². The molecule has 1 atom stereocenters. The van der Waals surface area contributed by atoms with Crippen molar-refractivity contribution in [3.05, 3.63) is 65.5 Å². The van der Waals surface area contributed by atoms with E-state index in [-0.39, 0.29) is 12.8 Å². The SMILES string of the molecule is Cc1ccc(-c2nc3cc(C)ccn3c2/C=C/C(=O)NC(CCC(N)=O)C(=O)O)cc1. The number of aliphatic carboxylic acids is 1. The molecular weight excluding hydrogens is 396 g/mol. The number of carbonyl (C=O) groups is 3. The van der Waals surface area contributed by atoms with E-state index < -0.39 is 23.8 Å². The van der Waals surface area contributed by atoms with Gasteiger partial charge in [-0.05, 0) is 44.0 Å². The highest BCUT2D eigenvalue weighted by Crippen LogP contribution is 2.26. The Balaban J connectivity index is 1.92. The third-order valence-corrected chi connectivity index (χ3v) is 4.83. The Hall–Kier alpha value is -3.94. The zero-order valence-electron chi connectivity index (χ0n) is 17.3. The fourth-order valence-corrected chi connectivity index (χ4v) is 3.17. The fraction of sp³-hybridized carbons (Fsp3) is 0.217. The van der Waals surface area contributed by atoms with Crippen molar-refractivity contribution in [2.45, 2.75) is 32.7 Å². The molecule has 0 aliphatic heterocycles. The summed E-state index contributed by atoms with van der Waals surface area (Å²) in [6.07, 6.45) is 4.53. The Morgan fingerprint density at radius 1 is 1.16 bits per heavy atom. The number of nitrogens with one attached hydrogen (secondary N) is 1. The smallest absolute Gasteiger partial charge is 0.326 e. The molecular formula is C23H24N4O4. The number of rotatable bonds is 8. The van der Waals surface area contributed by atoms with Crippen LogP contribution < -0.4 is 11.1 Å². The van der Waals surface area contributed by atoms with Crippen molar-refractivity contribution in [2.75, 3.05) is 0 Å². The minimum Gasteiger partial charge on any atom is -0.480 e. The topological polar surface area (TPSA) is 127 Å². The molecule has 2 amide bonds. The van der Waals surface area contributed by atoms with E-state index in [1.807, 2.05) is 60.8 Å². The first kappa shape index (κ1) is 21.8. The zero-order chi connectivity index (χ0) is 22.5. The molecule has 0 radical (unpaired) electrons. The molecule has 2 aromatic heterocycles. The fourth-order valence-electron chi connectivity index (χ4n) is 3.17. The van der Waals surface area contributed by atoms with Gasteiger partial charge in [-0.15, -0.1) is 0 Å². The van der Waals surface area contributed by atoms with Crippen LogP contribution in [-0.4, -0.2) is 38.3 Å². The van der Waals surface area contributed by atoms with Crippen molar-refractivity contribution in [1.29, 1.82) is 0 Å². The molecule has 0 aliphatic carbocycles. The number of carboxylic acid groups (broad SMARTS) is 1. The lowest BCUT2D eigenvalue weighted by atomic mass is 10.1. The van der Waals surface area contributed by atoms with E-state index in [1.54, 1.807) is 6.08 Å². The lowest BCUT2D eigenvalue weighted by Gasteiger charge is -2.12. The standard InChI is InChI=1S/C23H24N4O4/c1-14-3-5-16(6-4-14)22-18(27-12-11-15(2)13-20(27)26-22)8-10-21(29)25-17(23(30)31)7-9-19(24)28/h3-6,8,10-13,17H,7,9H2,1-2H3,(H2,24,28)(H,25,29)(H,30,31)/b10-8+. The first-order valence-electron chi connectivity index (χ1n) is 9.80. The number of fused-ring (bicyclic) bond motifs is 1. The number of primary amides is 1. The zero-order valence-corrected chi connectivity index (χ0v) is 17.3. The van der Waals surface area contributed by atoms with Gasteiger partial charge in [0, 0.05) is 24.3 Å². The van der Waals surface area contributed by atoms with Gasteiger partial charge in [0.05, 0.1) is 11.4 Å². The molecule has 0 saturated heterocycles. The van der Waals surface area contributed by atoms with Crippen LogP contribution in [0.5, 0.6) is 0 Å². The Labute approximate surface area is 179 Å². The molecule has 0 aliphatic rings. The molecule has 3 aromatic rings. The van der Waals surface area contributed by atoms with Crippen molar-refractivity contribution in [2.24, 2.45) is 5.73 Å². The van der Waals surface area contributed by atoms with Crippen LogP contribution in [0.3, 0.4) is 0 Å². The largest absolute Gasteiger partial charge is 0.480 e. The van der Waals surface area contributed by atoms with Gasteiger partial charge in [0.1, 0.15) is 11.7 Å². The summed E-state index contributed by atoms with van der Waals surface area (Å²) >= 11 is 0. The van der Waals surface area contributed by atoms with Gasteiger partial charge in [-0.25, -0.2) is 9.78 Å². The molecule has 1 aromatic carbocycles. The van der Waals surface area contributed by atoms with Crippen molar-refractivity contribution in [3.63, 3.8) is 0 Å². The number of carbonyl (C=O) groups excluding carboxylic acids is 2. The van der Waals surface area contributed by atoms with E-state index >= 15 is 0 Å². The molecule has 3 rings (SSSR count). The highest BCUT2D eigenvalue weighted by atomic mass is 16.4. The van der Waals surface area contributed by atoms with Gasteiger partial charge in [0.15, 0.2) is 0 Å². The second-order valence-corrected chi connectivity index (χ2v) is 7.38. The molecule has 160 valence electrons. The summed E-state index contributed by atoms with van der Waals surface area (Å²) in [5, 5.41) is 11.7. The first-order chi connectivity index (χ1) is 14.7. The van der Waals surface area contributed by atoms with Crippen LogP contribution in [0.2, 0.25) is 0 Å². The van der Waals surface area contributed by atoms with Gasteiger partial charge >= 0.3 is 5.97 Å². The number of imidazole rings is 1. The maximum Gasteiger partial charge on any atom is 0.326 e. The van der Waals surface area contributed by atoms with E-state index in [0.29, 0.717) is 11.4 Å². The minimum atomic E-state index is -1.23. The predicted octanol–water partition coefficient (Wildman–Crippen LogP) is 2.47. The van der Waals surface area contributed by atoms with Crippen LogP contribution in [0.15, 0.2) is 48.7 Å². The van der Waals surface area contributed by atoms with Gasteiger partial charge < -0.3 is 16.2 Å². The summed E-state index contributed by atoms with van der Waals surface area (Å²) in [7, 11) is 0. The van der Waals surface area contributed by atoms with E-state index in [0.717, 1.165) is 22.3 Å². The Morgan fingerprint density at radius 3 is 2.52 bits per heavy atom. The molecule has 31 heavy (non-hydrogen) atoms. The highest BCUT2D eigenvalue weighted by molar-refractivity contribution is 5.95. The van der Waals surface area contributed by atoms with Crippen LogP contribution in [0.4, 0.5) is 0 Å².